The number of halogens is 2. The van der Waals surface area contributed by atoms with Crippen molar-refractivity contribution in [1.29, 1.82) is 0 Å². The Balaban J connectivity index is 0.00000242. The summed E-state index contributed by atoms with van der Waals surface area (Å²) in [5.74, 6) is 1.01. The Kier molecular flexibility index (Phi) is 8.53. The van der Waals surface area contributed by atoms with Gasteiger partial charge in [-0.1, -0.05) is 11.6 Å². The molecule has 22 heavy (non-hydrogen) atoms. The molecule has 1 fully saturated rings. The maximum atomic E-state index is 11.6. The zero-order valence-corrected chi connectivity index (χ0v) is 14.3. The Labute approximate surface area is 142 Å². The van der Waals surface area contributed by atoms with Crippen LogP contribution in [-0.4, -0.2) is 44.2 Å². The fraction of sp³-hybridized carbons (Fsp3) is 0.600. The molecule has 1 aromatic heterocycles. The van der Waals surface area contributed by atoms with Crippen LogP contribution in [0.3, 0.4) is 0 Å². The molecule has 1 saturated heterocycles. The van der Waals surface area contributed by atoms with Crippen LogP contribution in [0, 0.1) is 5.92 Å². The smallest absolute Gasteiger partial charge is 0.223 e. The predicted molar refractivity (Wildman–Crippen MR) is 81.7 cm³/mol. The quantitative estimate of drug-likeness (QED) is 0.562. The van der Waals surface area contributed by atoms with E-state index in [1.165, 1.54) is 0 Å². The van der Waals surface area contributed by atoms with Gasteiger partial charge in [-0.2, -0.15) is 0 Å². The topological polar surface area (TPSA) is 55.7 Å². The van der Waals surface area contributed by atoms with Gasteiger partial charge in [0.25, 0.3) is 0 Å². The third-order valence-corrected chi connectivity index (χ3v) is 4.16. The molecule has 0 atom stereocenters. The third-order valence-electron chi connectivity index (χ3n) is 3.93. The maximum absolute atomic E-state index is 11.6. The van der Waals surface area contributed by atoms with Crippen molar-refractivity contribution in [2.75, 3.05) is 33.3 Å². The highest BCUT2D eigenvalue weighted by atomic mass is 35.5. The molecule has 2 rings (SSSR count). The lowest BCUT2D eigenvalue weighted by Crippen LogP contribution is -3.13. The van der Waals surface area contributed by atoms with Crippen LogP contribution in [0.25, 0.3) is 0 Å². The molecule has 0 saturated carbocycles. The van der Waals surface area contributed by atoms with Crippen molar-refractivity contribution in [3.8, 4) is 5.88 Å². The average molecular weight is 348 g/mol. The van der Waals surface area contributed by atoms with Gasteiger partial charge in [-0.05, 0) is 6.07 Å². The van der Waals surface area contributed by atoms with Crippen LogP contribution >= 0.6 is 11.6 Å². The Morgan fingerprint density at radius 1 is 1.45 bits per heavy atom. The number of hydrogen-bond donors (Lipinski definition) is 2. The van der Waals surface area contributed by atoms with Crippen molar-refractivity contribution >= 4 is 17.5 Å². The SMILES string of the molecule is CNC(=O)C1CC[NH+](CCCOc2ccc(Cl)cn2)CC1.[Cl-]. The van der Waals surface area contributed by atoms with Crippen LogP contribution in [0.2, 0.25) is 5.02 Å². The summed E-state index contributed by atoms with van der Waals surface area (Å²) in [6.45, 7) is 3.87. The van der Waals surface area contributed by atoms with E-state index >= 15 is 0 Å². The Morgan fingerprint density at radius 2 is 2.18 bits per heavy atom. The van der Waals surface area contributed by atoms with Gasteiger partial charge < -0.3 is 27.4 Å². The zero-order valence-electron chi connectivity index (χ0n) is 12.8. The number of aromatic nitrogens is 1. The summed E-state index contributed by atoms with van der Waals surface area (Å²) in [4.78, 5) is 17.2. The molecule has 0 unspecified atom stereocenters. The molecule has 1 aliphatic heterocycles. The van der Waals surface area contributed by atoms with Crippen molar-refractivity contribution in [2.24, 2.45) is 5.92 Å². The summed E-state index contributed by atoms with van der Waals surface area (Å²) in [7, 11) is 1.71. The van der Waals surface area contributed by atoms with Gasteiger partial charge in [0, 0.05) is 44.5 Å². The molecule has 0 aromatic carbocycles. The number of nitrogens with zero attached hydrogens (tertiary/aromatic N) is 1. The Morgan fingerprint density at radius 3 is 2.77 bits per heavy atom. The summed E-state index contributed by atoms with van der Waals surface area (Å²) in [5, 5.41) is 3.36. The Bertz CT molecular complexity index is 449. The highest BCUT2D eigenvalue weighted by Crippen LogP contribution is 2.11. The second-order valence-corrected chi connectivity index (χ2v) is 5.84. The molecule has 0 spiro atoms. The van der Waals surface area contributed by atoms with E-state index in [0.717, 1.165) is 38.9 Å². The first kappa shape index (κ1) is 19.0. The number of carbonyl (C=O) groups excluding carboxylic acids is 1. The Hall–Kier alpha value is -1.04. The standard InChI is InChI=1S/C15H22ClN3O2.ClH/c1-17-15(20)12-5-8-19(9-6-12)7-2-10-21-14-4-3-13(16)11-18-14;/h3-4,11-12H,2,5-10H2,1H3,(H,17,20);1H. The molecule has 7 heteroatoms. The van der Waals surface area contributed by atoms with Crippen LogP contribution in [0.1, 0.15) is 19.3 Å². The fourth-order valence-corrected chi connectivity index (χ4v) is 2.80. The number of piperidine rings is 1. The van der Waals surface area contributed by atoms with Crippen molar-refractivity contribution < 1.29 is 26.8 Å². The number of nitrogens with one attached hydrogen (secondary N) is 2. The van der Waals surface area contributed by atoms with Gasteiger partial charge in [0.05, 0.1) is 31.3 Å². The first-order chi connectivity index (χ1) is 10.2. The van der Waals surface area contributed by atoms with E-state index in [0.29, 0.717) is 17.5 Å². The van der Waals surface area contributed by atoms with Crippen LogP contribution < -0.4 is 27.4 Å². The molecule has 1 aromatic rings. The van der Waals surface area contributed by atoms with Gasteiger partial charge in [-0.3, -0.25) is 4.79 Å². The number of likely N-dealkylation sites (tertiary alicyclic amines) is 1. The molecule has 1 amide bonds. The highest BCUT2D eigenvalue weighted by molar-refractivity contribution is 6.30. The molecule has 5 nitrogen and oxygen atoms in total. The molecular formula is C15H23Cl2N3O2. The third kappa shape index (κ3) is 5.99. The van der Waals surface area contributed by atoms with Gasteiger partial charge in [-0.25, -0.2) is 4.98 Å². The van der Waals surface area contributed by atoms with Crippen molar-refractivity contribution in [2.45, 2.75) is 19.3 Å². The van der Waals surface area contributed by atoms with Crippen LogP contribution in [-0.2, 0) is 4.79 Å². The first-order valence-electron chi connectivity index (χ1n) is 7.48. The molecule has 1 aliphatic rings. The largest absolute Gasteiger partial charge is 1.00 e. The second-order valence-electron chi connectivity index (χ2n) is 5.41. The molecule has 124 valence electrons. The van der Waals surface area contributed by atoms with Gasteiger partial charge in [0.15, 0.2) is 0 Å². The van der Waals surface area contributed by atoms with Crippen molar-refractivity contribution in [3.05, 3.63) is 23.4 Å². The number of carbonyl (C=O) groups is 1. The van der Waals surface area contributed by atoms with Crippen LogP contribution in [0.5, 0.6) is 5.88 Å². The van der Waals surface area contributed by atoms with E-state index in [1.807, 2.05) is 0 Å². The highest BCUT2D eigenvalue weighted by Gasteiger charge is 2.26. The van der Waals surface area contributed by atoms with Crippen LogP contribution in [0.4, 0.5) is 0 Å². The number of ether oxygens (including phenoxy) is 1. The van der Waals surface area contributed by atoms with Crippen molar-refractivity contribution in [1.82, 2.24) is 10.3 Å². The molecular weight excluding hydrogens is 325 g/mol. The number of hydrogen-bond acceptors (Lipinski definition) is 3. The minimum Gasteiger partial charge on any atom is -1.00 e. The fourth-order valence-electron chi connectivity index (χ4n) is 2.69. The summed E-state index contributed by atoms with van der Waals surface area (Å²) >= 11 is 5.77. The lowest BCUT2D eigenvalue weighted by Gasteiger charge is -2.28. The van der Waals surface area contributed by atoms with Gasteiger partial charge in [-0.15, -0.1) is 0 Å². The minimum atomic E-state index is 0. The normalized spacial score (nSPS) is 20.8. The van der Waals surface area contributed by atoms with E-state index in [-0.39, 0.29) is 24.2 Å². The lowest BCUT2D eigenvalue weighted by atomic mass is 9.96. The van der Waals surface area contributed by atoms with Crippen LogP contribution in [0.15, 0.2) is 18.3 Å². The molecule has 0 aliphatic carbocycles. The first-order valence-corrected chi connectivity index (χ1v) is 7.86. The van der Waals surface area contributed by atoms with E-state index in [9.17, 15) is 4.79 Å². The maximum Gasteiger partial charge on any atom is 0.223 e. The summed E-state index contributed by atoms with van der Waals surface area (Å²) < 4.78 is 5.58. The van der Waals surface area contributed by atoms with Gasteiger partial charge in [0.1, 0.15) is 0 Å². The van der Waals surface area contributed by atoms with Crippen molar-refractivity contribution in [3.63, 3.8) is 0 Å². The monoisotopic (exact) mass is 347 g/mol. The number of amides is 1. The zero-order chi connectivity index (χ0) is 15.1. The molecule has 0 radical (unpaired) electrons. The lowest BCUT2D eigenvalue weighted by molar-refractivity contribution is -0.906. The summed E-state index contributed by atoms with van der Waals surface area (Å²) in [6.07, 6.45) is 4.54. The molecule has 2 N–H and O–H groups in total. The minimum absolute atomic E-state index is 0. The van der Waals surface area contributed by atoms with E-state index < -0.39 is 0 Å². The molecule has 0 bridgehead atoms. The summed E-state index contributed by atoms with van der Waals surface area (Å²) in [5.41, 5.74) is 0. The van der Waals surface area contributed by atoms with E-state index in [2.05, 4.69) is 10.3 Å². The van der Waals surface area contributed by atoms with E-state index in [1.54, 1.807) is 30.3 Å². The molecule has 2 heterocycles. The number of quaternary nitrogens is 1. The second kappa shape index (κ2) is 9.87. The summed E-state index contributed by atoms with van der Waals surface area (Å²) in [6, 6.07) is 3.56. The van der Waals surface area contributed by atoms with E-state index in [4.69, 9.17) is 16.3 Å². The van der Waals surface area contributed by atoms with Gasteiger partial charge >= 0.3 is 0 Å². The predicted octanol–water partition coefficient (Wildman–Crippen LogP) is -2.45. The number of rotatable bonds is 6. The average Bonchev–Trinajstić information content (AvgIpc) is 2.53. The number of pyridine rings is 1. The van der Waals surface area contributed by atoms with Gasteiger partial charge in [0.2, 0.25) is 11.8 Å².